The van der Waals surface area contributed by atoms with Crippen LogP contribution in [0.3, 0.4) is 0 Å². The number of nitrogens with zero attached hydrogens (tertiary/aromatic N) is 3. The van der Waals surface area contributed by atoms with Crippen LogP contribution >= 0.6 is 0 Å². The van der Waals surface area contributed by atoms with Gasteiger partial charge in [0.2, 0.25) is 5.43 Å². The lowest BCUT2D eigenvalue weighted by Crippen LogP contribution is -2.68. The number of ether oxygens (including phenoxy) is 2. The Morgan fingerprint density at radius 2 is 1.48 bits per heavy atom. The van der Waals surface area contributed by atoms with Crippen LogP contribution in [-0.2, 0) is 24.2 Å². The van der Waals surface area contributed by atoms with E-state index in [1.54, 1.807) is 6.20 Å². The van der Waals surface area contributed by atoms with Gasteiger partial charge < -0.3 is 14.4 Å². The van der Waals surface area contributed by atoms with E-state index in [-0.39, 0.29) is 47.6 Å². The molecule has 3 aliphatic rings. The number of morpholine rings is 1. The lowest BCUT2D eigenvalue weighted by Gasteiger charge is -2.53. The van der Waals surface area contributed by atoms with Crippen LogP contribution < -0.4 is 15.2 Å². The van der Waals surface area contributed by atoms with E-state index in [4.69, 9.17) is 9.47 Å². The molecule has 2 atom stereocenters. The second-order valence-corrected chi connectivity index (χ2v) is 10.7. The summed E-state index contributed by atoms with van der Waals surface area (Å²) in [4.78, 5) is 29.4. The van der Waals surface area contributed by atoms with Crippen molar-refractivity contribution in [2.45, 2.75) is 44.6 Å². The Bertz CT molecular complexity index is 1590. The Hall–Kier alpha value is -4.36. The molecule has 3 aromatic carbocycles. The molecule has 1 amide bonds. The van der Waals surface area contributed by atoms with E-state index in [0.717, 1.165) is 18.4 Å². The Morgan fingerprint density at radius 3 is 2.17 bits per heavy atom. The molecule has 4 aromatic rings. The van der Waals surface area contributed by atoms with E-state index in [9.17, 15) is 9.59 Å². The summed E-state index contributed by atoms with van der Waals surface area (Å²) in [6.45, 7) is 2.99. The Balaban J connectivity index is 1.45. The van der Waals surface area contributed by atoms with Crippen molar-refractivity contribution in [2.75, 3.05) is 18.2 Å². The molecular weight excluding hydrogens is 502 g/mol. The van der Waals surface area contributed by atoms with Gasteiger partial charge in [-0.3, -0.25) is 19.3 Å². The number of carbonyl (C=O) groups excluding carboxylic acids is 1. The van der Waals surface area contributed by atoms with Gasteiger partial charge in [0, 0.05) is 12.3 Å². The monoisotopic (exact) mass is 533 g/mol. The van der Waals surface area contributed by atoms with Crippen molar-refractivity contribution < 1.29 is 14.3 Å². The fourth-order valence-electron chi connectivity index (χ4n) is 6.45. The third-order valence-electron chi connectivity index (χ3n) is 8.30. The fourth-order valence-corrected chi connectivity index (χ4v) is 6.45. The third kappa shape index (κ3) is 4.00. The van der Waals surface area contributed by atoms with Gasteiger partial charge in [-0.1, -0.05) is 78.9 Å². The summed E-state index contributed by atoms with van der Waals surface area (Å²) in [5, 5.41) is 2.23. The van der Waals surface area contributed by atoms with Crippen molar-refractivity contribution in [2.24, 2.45) is 0 Å². The molecule has 1 aliphatic carbocycles. The molecule has 7 heteroatoms. The number of rotatable bonds is 4. The first-order valence-corrected chi connectivity index (χ1v) is 13.9. The molecule has 1 aromatic heterocycles. The molecule has 0 saturated carbocycles. The lowest BCUT2D eigenvalue weighted by atomic mass is 9.93. The minimum absolute atomic E-state index is 0.0775. The van der Waals surface area contributed by atoms with Crippen molar-refractivity contribution >= 4 is 5.91 Å². The van der Waals surface area contributed by atoms with E-state index in [2.05, 4.69) is 53.5 Å². The van der Waals surface area contributed by atoms with E-state index < -0.39 is 0 Å². The van der Waals surface area contributed by atoms with Crippen molar-refractivity contribution in [3.63, 3.8) is 0 Å². The number of hydrogen-bond acceptors (Lipinski definition) is 5. The van der Waals surface area contributed by atoms with Crippen LogP contribution in [0.4, 0.5) is 0 Å². The van der Waals surface area contributed by atoms with Crippen LogP contribution in [-0.4, -0.2) is 40.9 Å². The number of benzene rings is 3. The Labute approximate surface area is 233 Å². The molecule has 0 radical (unpaired) electrons. The van der Waals surface area contributed by atoms with Crippen LogP contribution in [0.2, 0.25) is 0 Å². The van der Waals surface area contributed by atoms with Crippen LogP contribution in [0.5, 0.6) is 5.75 Å². The largest absolute Gasteiger partial charge is 0.482 e. The molecular formula is C33H31N3O4. The first kappa shape index (κ1) is 24.7. The second kappa shape index (κ2) is 9.99. The van der Waals surface area contributed by atoms with Gasteiger partial charge >= 0.3 is 0 Å². The lowest BCUT2D eigenvalue weighted by molar-refractivity contribution is -0.0469. The molecule has 40 heavy (non-hydrogen) atoms. The number of carbonyl (C=O) groups is 1. The summed E-state index contributed by atoms with van der Waals surface area (Å²) in [5.41, 5.74) is 5.81. The van der Waals surface area contributed by atoms with Gasteiger partial charge in [-0.15, -0.1) is 0 Å². The standard InChI is InChI=1S/C33H31N3O4/c1-22-19-39-21-29-35(22)33(38)31-32(40-20-23-9-3-2-4-10-23)28(37)17-18-34(31)36(29)30-26-13-7-5-11-24(26)15-16-25-12-6-8-14-27(25)30/h2-14,17-18,22,29-30H,15-16,19-21H2,1H3/t22-,29?/m0/s1. The van der Waals surface area contributed by atoms with Crippen LogP contribution in [0.25, 0.3) is 0 Å². The average molecular weight is 534 g/mol. The molecule has 1 saturated heterocycles. The van der Waals surface area contributed by atoms with Gasteiger partial charge in [0.25, 0.3) is 5.91 Å². The maximum absolute atomic E-state index is 14.2. The number of pyridine rings is 1. The molecule has 7 nitrogen and oxygen atoms in total. The minimum atomic E-state index is -0.363. The number of aromatic nitrogens is 1. The van der Waals surface area contributed by atoms with Crippen molar-refractivity contribution in [1.82, 2.24) is 9.58 Å². The van der Waals surface area contributed by atoms with Gasteiger partial charge in [0.05, 0.1) is 25.3 Å². The van der Waals surface area contributed by atoms with E-state index in [1.165, 1.54) is 28.3 Å². The number of aryl methyl sites for hydroxylation is 2. The molecule has 1 unspecified atom stereocenters. The zero-order valence-corrected chi connectivity index (χ0v) is 22.4. The topological polar surface area (TPSA) is 64.0 Å². The zero-order valence-electron chi connectivity index (χ0n) is 22.4. The summed E-state index contributed by atoms with van der Waals surface area (Å²) in [7, 11) is 0. The smallest absolute Gasteiger partial charge is 0.278 e. The highest BCUT2D eigenvalue weighted by Gasteiger charge is 2.48. The summed E-state index contributed by atoms with van der Waals surface area (Å²) < 4.78 is 14.1. The predicted molar refractivity (Wildman–Crippen MR) is 152 cm³/mol. The molecule has 0 N–H and O–H groups in total. The summed E-state index contributed by atoms with van der Waals surface area (Å²) in [6, 6.07) is 27.9. The van der Waals surface area contributed by atoms with E-state index in [0.29, 0.717) is 13.2 Å². The molecule has 1 fully saturated rings. The van der Waals surface area contributed by atoms with Gasteiger partial charge in [-0.25, -0.2) is 0 Å². The maximum atomic E-state index is 14.2. The van der Waals surface area contributed by atoms with Gasteiger partial charge in [0.1, 0.15) is 12.8 Å². The molecule has 202 valence electrons. The zero-order chi connectivity index (χ0) is 27.2. The highest BCUT2D eigenvalue weighted by molar-refractivity contribution is 5.97. The van der Waals surface area contributed by atoms with Crippen LogP contribution in [0.15, 0.2) is 95.9 Å². The molecule has 0 bridgehead atoms. The average Bonchev–Trinajstić information content (AvgIpc) is 3.15. The minimum Gasteiger partial charge on any atom is -0.482 e. The predicted octanol–water partition coefficient (Wildman–Crippen LogP) is 4.45. The van der Waals surface area contributed by atoms with Crippen molar-refractivity contribution in [3.05, 3.63) is 135 Å². The number of fused-ring (bicyclic) bond motifs is 4. The van der Waals surface area contributed by atoms with Crippen molar-refractivity contribution in [1.29, 1.82) is 0 Å². The summed E-state index contributed by atoms with van der Waals surface area (Å²) in [5.74, 6) is -0.137. The van der Waals surface area contributed by atoms with E-state index in [1.807, 2.05) is 46.8 Å². The van der Waals surface area contributed by atoms with Crippen molar-refractivity contribution in [3.8, 4) is 5.75 Å². The van der Waals surface area contributed by atoms with Gasteiger partial charge in [-0.2, -0.15) is 0 Å². The number of hydrogen-bond donors (Lipinski definition) is 0. The highest BCUT2D eigenvalue weighted by atomic mass is 16.5. The van der Waals surface area contributed by atoms with E-state index >= 15 is 0 Å². The molecule has 3 heterocycles. The van der Waals surface area contributed by atoms with Gasteiger partial charge in [0.15, 0.2) is 11.4 Å². The number of amides is 1. The first-order chi connectivity index (χ1) is 19.6. The SMILES string of the molecule is C[C@H]1COCC2N1C(=O)c1c(OCc3ccccc3)c(=O)ccn1N2C1c2ccccc2CCc2ccccc21. The second-order valence-electron chi connectivity index (χ2n) is 10.7. The van der Waals surface area contributed by atoms with Crippen LogP contribution in [0, 0.1) is 0 Å². The highest BCUT2D eigenvalue weighted by Crippen LogP contribution is 2.41. The Morgan fingerprint density at radius 1 is 0.825 bits per heavy atom. The fraction of sp³-hybridized carbons (Fsp3) is 0.273. The summed E-state index contributed by atoms with van der Waals surface area (Å²) in [6.07, 6.45) is 3.22. The van der Waals surface area contributed by atoms with Gasteiger partial charge in [-0.05, 0) is 47.6 Å². The van der Waals surface area contributed by atoms with Crippen LogP contribution in [0.1, 0.15) is 51.3 Å². The quantitative estimate of drug-likeness (QED) is 0.388. The maximum Gasteiger partial charge on any atom is 0.278 e. The third-order valence-corrected chi connectivity index (χ3v) is 8.30. The molecule has 2 aliphatic heterocycles. The first-order valence-electron chi connectivity index (χ1n) is 13.9. The Kier molecular flexibility index (Phi) is 6.16. The normalized spacial score (nSPS) is 20.2. The summed E-state index contributed by atoms with van der Waals surface area (Å²) >= 11 is 0. The molecule has 7 rings (SSSR count). The molecule has 0 spiro atoms.